The van der Waals surface area contributed by atoms with Crippen LogP contribution >= 0.6 is 11.6 Å². The lowest BCUT2D eigenvalue weighted by molar-refractivity contribution is -0.112. The molecule has 1 amide bonds. The molecule has 0 heterocycles. The molecule has 0 aliphatic rings. The molecular formula is C15H19ClN4O2. The number of ether oxygens (including phenoxy) is 1. The minimum atomic E-state index is -0.527. The summed E-state index contributed by atoms with van der Waals surface area (Å²) in [4.78, 5) is 14.1. The number of halogens is 1. The van der Waals surface area contributed by atoms with Crippen LogP contribution in [0.15, 0.2) is 30.0 Å². The highest BCUT2D eigenvalue weighted by Crippen LogP contribution is 2.27. The van der Waals surface area contributed by atoms with Crippen molar-refractivity contribution in [3.05, 3.63) is 35.0 Å². The van der Waals surface area contributed by atoms with Gasteiger partial charge in [-0.15, -0.1) is 0 Å². The van der Waals surface area contributed by atoms with E-state index in [9.17, 15) is 4.79 Å². The Morgan fingerprint density at radius 1 is 1.50 bits per heavy atom. The average Bonchev–Trinajstić information content (AvgIpc) is 2.47. The summed E-state index contributed by atoms with van der Waals surface area (Å²) in [6.07, 6.45) is 1.40. The lowest BCUT2D eigenvalue weighted by Crippen LogP contribution is -2.24. The number of likely N-dealkylation sites (N-methyl/N-ethyl adjacent to an activating group) is 1. The standard InChI is InChI=1S/C15H19ClN4O2/c1-20(2)7-6-18-10-11(9-17)15(21)19-13-8-12(16)4-5-14(13)22-3/h4-5,8,10,18H,6-7H2,1-3H3,(H,19,21)/b11-10-. The van der Waals surface area contributed by atoms with E-state index in [-0.39, 0.29) is 5.57 Å². The summed E-state index contributed by atoms with van der Waals surface area (Å²) in [6.45, 7) is 1.42. The fourth-order valence-electron chi connectivity index (χ4n) is 1.58. The number of benzene rings is 1. The van der Waals surface area contributed by atoms with Crippen LogP contribution in [-0.2, 0) is 4.79 Å². The Hall–Kier alpha value is -2.23. The minimum absolute atomic E-state index is 0.0271. The number of carbonyl (C=O) groups is 1. The van der Waals surface area contributed by atoms with E-state index in [0.717, 1.165) is 6.54 Å². The number of nitriles is 1. The molecule has 0 unspecified atom stereocenters. The first-order chi connectivity index (χ1) is 10.5. The van der Waals surface area contributed by atoms with E-state index in [1.165, 1.54) is 13.3 Å². The van der Waals surface area contributed by atoms with Crippen LogP contribution in [0.3, 0.4) is 0 Å². The molecule has 22 heavy (non-hydrogen) atoms. The number of anilines is 1. The largest absolute Gasteiger partial charge is 0.495 e. The SMILES string of the molecule is COc1ccc(Cl)cc1NC(=O)/C(C#N)=C\NCCN(C)C. The Morgan fingerprint density at radius 2 is 2.23 bits per heavy atom. The second kappa shape index (κ2) is 8.93. The van der Waals surface area contributed by atoms with Crippen molar-refractivity contribution >= 4 is 23.2 Å². The van der Waals surface area contributed by atoms with Crippen molar-refractivity contribution in [3.63, 3.8) is 0 Å². The Balaban J connectivity index is 2.75. The number of hydrogen-bond acceptors (Lipinski definition) is 5. The number of nitrogens with one attached hydrogen (secondary N) is 2. The summed E-state index contributed by atoms with van der Waals surface area (Å²) >= 11 is 5.90. The van der Waals surface area contributed by atoms with Gasteiger partial charge < -0.3 is 20.3 Å². The van der Waals surface area contributed by atoms with Gasteiger partial charge in [0.25, 0.3) is 5.91 Å². The van der Waals surface area contributed by atoms with Crippen LogP contribution < -0.4 is 15.4 Å². The van der Waals surface area contributed by atoms with Crippen molar-refractivity contribution in [2.24, 2.45) is 0 Å². The summed E-state index contributed by atoms with van der Waals surface area (Å²) in [7, 11) is 5.37. The number of rotatable bonds is 7. The van der Waals surface area contributed by atoms with Crippen molar-refractivity contribution in [1.29, 1.82) is 5.26 Å². The topological polar surface area (TPSA) is 77.4 Å². The molecular weight excluding hydrogens is 304 g/mol. The van der Waals surface area contributed by atoms with E-state index < -0.39 is 5.91 Å². The highest BCUT2D eigenvalue weighted by molar-refractivity contribution is 6.31. The fraction of sp³-hybridized carbons (Fsp3) is 0.333. The van der Waals surface area contributed by atoms with Crippen molar-refractivity contribution in [2.45, 2.75) is 0 Å². The molecule has 0 fully saturated rings. The van der Waals surface area contributed by atoms with Gasteiger partial charge in [0.2, 0.25) is 0 Å². The van der Waals surface area contributed by atoms with E-state index in [4.69, 9.17) is 21.6 Å². The third kappa shape index (κ3) is 5.64. The second-order valence-electron chi connectivity index (χ2n) is 4.73. The van der Waals surface area contributed by atoms with E-state index >= 15 is 0 Å². The van der Waals surface area contributed by atoms with Crippen LogP contribution in [0.5, 0.6) is 5.75 Å². The van der Waals surface area contributed by atoms with Gasteiger partial charge in [-0.3, -0.25) is 4.79 Å². The Kier molecular flexibility index (Phi) is 7.23. The molecule has 0 saturated heterocycles. The molecule has 7 heteroatoms. The monoisotopic (exact) mass is 322 g/mol. The molecule has 0 saturated carbocycles. The van der Waals surface area contributed by atoms with Crippen molar-refractivity contribution in [3.8, 4) is 11.8 Å². The van der Waals surface area contributed by atoms with Gasteiger partial charge in [0.05, 0.1) is 12.8 Å². The number of hydrogen-bond donors (Lipinski definition) is 2. The zero-order valence-electron chi connectivity index (χ0n) is 12.8. The molecule has 1 aromatic rings. The van der Waals surface area contributed by atoms with Crippen LogP contribution in [-0.4, -0.2) is 45.1 Å². The van der Waals surface area contributed by atoms with Crippen molar-refractivity contribution in [1.82, 2.24) is 10.2 Å². The summed E-state index contributed by atoms with van der Waals surface area (Å²) in [6, 6.07) is 6.72. The van der Waals surface area contributed by atoms with Gasteiger partial charge in [0.15, 0.2) is 0 Å². The molecule has 0 spiro atoms. The molecule has 2 N–H and O–H groups in total. The predicted octanol–water partition coefficient (Wildman–Crippen LogP) is 1.85. The number of amides is 1. The van der Waals surface area contributed by atoms with Gasteiger partial charge >= 0.3 is 0 Å². The zero-order chi connectivity index (χ0) is 16.5. The van der Waals surface area contributed by atoms with Crippen molar-refractivity contribution < 1.29 is 9.53 Å². The first-order valence-electron chi connectivity index (χ1n) is 6.61. The molecule has 0 bridgehead atoms. The van der Waals surface area contributed by atoms with Crippen LogP contribution in [0.25, 0.3) is 0 Å². The Bertz CT molecular complexity index is 594. The number of nitrogens with zero attached hydrogens (tertiary/aromatic N) is 2. The molecule has 0 radical (unpaired) electrons. The van der Waals surface area contributed by atoms with Crippen LogP contribution in [0.1, 0.15) is 0 Å². The third-order valence-corrected chi connectivity index (χ3v) is 2.96. The maximum atomic E-state index is 12.1. The molecule has 6 nitrogen and oxygen atoms in total. The maximum Gasteiger partial charge on any atom is 0.267 e. The van der Waals surface area contributed by atoms with Gasteiger partial charge in [-0.1, -0.05) is 11.6 Å². The highest BCUT2D eigenvalue weighted by atomic mass is 35.5. The summed E-state index contributed by atoms with van der Waals surface area (Å²) in [5.41, 5.74) is 0.384. The van der Waals surface area contributed by atoms with E-state index in [2.05, 4.69) is 10.6 Å². The normalized spacial score (nSPS) is 11.0. The van der Waals surface area contributed by atoms with Crippen LogP contribution in [0, 0.1) is 11.3 Å². The summed E-state index contributed by atoms with van der Waals surface area (Å²) in [5.74, 6) is -0.0592. The van der Waals surface area contributed by atoms with E-state index in [0.29, 0.717) is 23.0 Å². The lowest BCUT2D eigenvalue weighted by Gasteiger charge is -2.11. The van der Waals surface area contributed by atoms with Gasteiger partial charge in [0.1, 0.15) is 17.4 Å². The molecule has 0 atom stereocenters. The zero-order valence-corrected chi connectivity index (χ0v) is 13.6. The first kappa shape index (κ1) is 17.8. The summed E-state index contributed by atoms with van der Waals surface area (Å²) in [5, 5.41) is 15.1. The van der Waals surface area contributed by atoms with Gasteiger partial charge in [-0.2, -0.15) is 5.26 Å². The van der Waals surface area contributed by atoms with Crippen LogP contribution in [0.4, 0.5) is 5.69 Å². The fourth-order valence-corrected chi connectivity index (χ4v) is 1.75. The van der Waals surface area contributed by atoms with E-state index in [1.807, 2.05) is 25.1 Å². The molecule has 118 valence electrons. The van der Waals surface area contributed by atoms with E-state index in [1.54, 1.807) is 18.2 Å². The molecule has 0 aromatic heterocycles. The highest BCUT2D eigenvalue weighted by Gasteiger charge is 2.12. The smallest absolute Gasteiger partial charge is 0.267 e. The molecule has 0 aliphatic heterocycles. The molecule has 1 aromatic carbocycles. The summed E-state index contributed by atoms with van der Waals surface area (Å²) < 4.78 is 5.14. The number of methoxy groups -OCH3 is 1. The second-order valence-corrected chi connectivity index (χ2v) is 5.16. The Labute approximate surface area is 135 Å². The third-order valence-electron chi connectivity index (χ3n) is 2.72. The van der Waals surface area contributed by atoms with Crippen molar-refractivity contribution in [2.75, 3.05) is 39.6 Å². The van der Waals surface area contributed by atoms with Gasteiger partial charge in [-0.05, 0) is 32.3 Å². The quantitative estimate of drug-likeness (QED) is 0.455. The predicted molar refractivity (Wildman–Crippen MR) is 86.9 cm³/mol. The Morgan fingerprint density at radius 3 is 2.82 bits per heavy atom. The average molecular weight is 323 g/mol. The molecule has 0 aliphatic carbocycles. The van der Waals surface area contributed by atoms with Gasteiger partial charge in [-0.25, -0.2) is 0 Å². The van der Waals surface area contributed by atoms with Gasteiger partial charge in [0, 0.05) is 24.3 Å². The lowest BCUT2D eigenvalue weighted by atomic mass is 10.2. The minimum Gasteiger partial charge on any atom is -0.495 e. The molecule has 1 rings (SSSR count). The number of carbonyl (C=O) groups excluding carboxylic acids is 1. The first-order valence-corrected chi connectivity index (χ1v) is 6.99. The maximum absolute atomic E-state index is 12.1. The van der Waals surface area contributed by atoms with Crippen LogP contribution in [0.2, 0.25) is 5.02 Å².